The van der Waals surface area contributed by atoms with E-state index in [4.69, 9.17) is 4.74 Å². The Labute approximate surface area is 146 Å². The van der Waals surface area contributed by atoms with Crippen molar-refractivity contribution in [3.05, 3.63) is 35.4 Å². The molecule has 5 nitrogen and oxygen atoms in total. The number of morpholine rings is 1. The lowest BCUT2D eigenvalue weighted by molar-refractivity contribution is 0.0389. The molecule has 134 valence electrons. The molecule has 2 N–H and O–H groups in total. The quantitative estimate of drug-likeness (QED) is 0.616. The Morgan fingerprint density at radius 3 is 2.46 bits per heavy atom. The zero-order valence-electron chi connectivity index (χ0n) is 15.6. The molecule has 24 heavy (non-hydrogen) atoms. The molecule has 1 aromatic rings. The highest BCUT2D eigenvalue weighted by Gasteiger charge is 2.20. The fraction of sp³-hybridized carbons (Fsp3) is 0.632. The van der Waals surface area contributed by atoms with Crippen molar-refractivity contribution in [1.29, 1.82) is 0 Å². The highest BCUT2D eigenvalue weighted by molar-refractivity contribution is 5.79. The van der Waals surface area contributed by atoms with E-state index in [-0.39, 0.29) is 5.41 Å². The minimum absolute atomic E-state index is 0.0511. The predicted molar refractivity (Wildman–Crippen MR) is 101 cm³/mol. The first kappa shape index (κ1) is 18.7. The molecule has 0 amide bonds. The van der Waals surface area contributed by atoms with Gasteiger partial charge in [0.05, 0.1) is 13.2 Å². The minimum atomic E-state index is 0.0511. The minimum Gasteiger partial charge on any atom is -0.379 e. The van der Waals surface area contributed by atoms with Crippen LogP contribution in [0.5, 0.6) is 0 Å². The lowest BCUT2D eigenvalue weighted by Gasteiger charge is -2.28. The van der Waals surface area contributed by atoms with Crippen molar-refractivity contribution in [2.45, 2.75) is 26.2 Å². The number of benzene rings is 1. The summed E-state index contributed by atoms with van der Waals surface area (Å²) < 4.78 is 5.38. The first-order valence-electron chi connectivity index (χ1n) is 8.83. The Hall–Kier alpha value is -1.59. The predicted octanol–water partition coefficient (Wildman–Crippen LogP) is 1.77. The molecule has 1 saturated heterocycles. The molecule has 1 aliphatic rings. The van der Waals surface area contributed by atoms with Crippen LogP contribution in [0.3, 0.4) is 0 Å². The van der Waals surface area contributed by atoms with E-state index in [1.807, 2.05) is 7.05 Å². The van der Waals surface area contributed by atoms with Gasteiger partial charge in [0, 0.05) is 45.2 Å². The summed E-state index contributed by atoms with van der Waals surface area (Å²) in [6.45, 7) is 13.1. The number of aryl methyl sites for hydroxylation is 1. The van der Waals surface area contributed by atoms with Gasteiger partial charge >= 0.3 is 0 Å². The van der Waals surface area contributed by atoms with E-state index in [9.17, 15) is 0 Å². The molecular formula is C19H32N4O. The maximum Gasteiger partial charge on any atom is 0.191 e. The number of guanidine groups is 1. The molecule has 1 heterocycles. The van der Waals surface area contributed by atoms with Gasteiger partial charge in [-0.15, -0.1) is 0 Å². The molecule has 0 spiro atoms. The zero-order chi connectivity index (χ0) is 17.4. The maximum atomic E-state index is 5.38. The van der Waals surface area contributed by atoms with E-state index in [1.165, 1.54) is 11.1 Å². The van der Waals surface area contributed by atoms with Gasteiger partial charge in [0.15, 0.2) is 5.96 Å². The normalized spacial score (nSPS) is 16.9. The molecule has 0 atom stereocenters. The van der Waals surface area contributed by atoms with E-state index in [1.54, 1.807) is 0 Å². The van der Waals surface area contributed by atoms with Gasteiger partial charge in [-0.2, -0.15) is 0 Å². The first-order chi connectivity index (χ1) is 11.5. The Morgan fingerprint density at radius 1 is 1.17 bits per heavy atom. The SMILES string of the molecule is CN=C(NCCN1CCOCC1)NCC(C)(C)c1ccc(C)cc1. The van der Waals surface area contributed by atoms with Crippen LogP contribution in [0.1, 0.15) is 25.0 Å². The van der Waals surface area contributed by atoms with E-state index in [2.05, 4.69) is 65.6 Å². The Bertz CT molecular complexity index is 519. The first-order valence-corrected chi connectivity index (χ1v) is 8.83. The van der Waals surface area contributed by atoms with Crippen molar-refractivity contribution in [2.75, 3.05) is 53.0 Å². The average molecular weight is 332 g/mol. The fourth-order valence-electron chi connectivity index (χ4n) is 2.79. The van der Waals surface area contributed by atoms with Crippen molar-refractivity contribution in [1.82, 2.24) is 15.5 Å². The number of nitrogens with one attached hydrogen (secondary N) is 2. The van der Waals surface area contributed by atoms with E-state index in [0.29, 0.717) is 0 Å². The molecule has 1 fully saturated rings. The number of hydrogen-bond acceptors (Lipinski definition) is 3. The van der Waals surface area contributed by atoms with Crippen molar-refractivity contribution < 1.29 is 4.74 Å². The topological polar surface area (TPSA) is 48.9 Å². The highest BCUT2D eigenvalue weighted by Crippen LogP contribution is 2.22. The van der Waals surface area contributed by atoms with Crippen molar-refractivity contribution in [2.24, 2.45) is 4.99 Å². The maximum absolute atomic E-state index is 5.38. The second-order valence-corrected chi connectivity index (χ2v) is 7.06. The summed E-state index contributed by atoms with van der Waals surface area (Å²) in [4.78, 5) is 6.75. The van der Waals surface area contributed by atoms with Gasteiger partial charge in [0.2, 0.25) is 0 Å². The summed E-state index contributed by atoms with van der Waals surface area (Å²) in [7, 11) is 1.82. The van der Waals surface area contributed by atoms with Gasteiger partial charge in [0.25, 0.3) is 0 Å². The fourth-order valence-corrected chi connectivity index (χ4v) is 2.79. The van der Waals surface area contributed by atoms with E-state index < -0.39 is 0 Å². The van der Waals surface area contributed by atoms with Gasteiger partial charge in [0.1, 0.15) is 0 Å². The van der Waals surface area contributed by atoms with Crippen LogP contribution in [-0.2, 0) is 10.2 Å². The number of nitrogens with zero attached hydrogens (tertiary/aromatic N) is 2. The zero-order valence-corrected chi connectivity index (χ0v) is 15.6. The van der Waals surface area contributed by atoms with Crippen LogP contribution in [0, 0.1) is 6.92 Å². The number of aliphatic imine (C=N–C) groups is 1. The van der Waals surface area contributed by atoms with Crippen LogP contribution in [0.25, 0.3) is 0 Å². The summed E-state index contributed by atoms with van der Waals surface area (Å²) >= 11 is 0. The van der Waals surface area contributed by atoms with Crippen LogP contribution in [-0.4, -0.2) is 63.8 Å². The van der Waals surface area contributed by atoms with Crippen LogP contribution in [0.4, 0.5) is 0 Å². The Morgan fingerprint density at radius 2 is 1.83 bits per heavy atom. The van der Waals surface area contributed by atoms with Gasteiger partial charge in [-0.1, -0.05) is 43.7 Å². The lowest BCUT2D eigenvalue weighted by atomic mass is 9.84. The summed E-state index contributed by atoms with van der Waals surface area (Å²) in [5.41, 5.74) is 2.68. The summed E-state index contributed by atoms with van der Waals surface area (Å²) in [5.74, 6) is 0.864. The van der Waals surface area contributed by atoms with Crippen LogP contribution in [0.2, 0.25) is 0 Å². The lowest BCUT2D eigenvalue weighted by Crippen LogP contribution is -2.46. The molecule has 0 bridgehead atoms. The Balaban J connectivity index is 1.76. The summed E-state index contributed by atoms with van der Waals surface area (Å²) in [5, 5.41) is 6.86. The molecule has 0 aliphatic carbocycles. The third kappa shape index (κ3) is 5.80. The van der Waals surface area contributed by atoms with Gasteiger partial charge in [-0.05, 0) is 12.5 Å². The molecule has 1 aromatic carbocycles. The summed E-state index contributed by atoms with van der Waals surface area (Å²) in [6.07, 6.45) is 0. The molecule has 5 heteroatoms. The second kappa shape index (κ2) is 9.04. The standard InChI is InChI=1S/C19H32N4O/c1-16-5-7-17(8-6-16)19(2,3)15-22-18(20-4)21-9-10-23-11-13-24-14-12-23/h5-8H,9-15H2,1-4H3,(H2,20,21,22). The van der Waals surface area contributed by atoms with Gasteiger partial charge in [-0.25, -0.2) is 0 Å². The molecule has 0 saturated carbocycles. The van der Waals surface area contributed by atoms with Crippen molar-refractivity contribution in [3.8, 4) is 0 Å². The smallest absolute Gasteiger partial charge is 0.191 e. The number of rotatable bonds is 6. The van der Waals surface area contributed by atoms with Crippen LogP contribution >= 0.6 is 0 Å². The monoisotopic (exact) mass is 332 g/mol. The highest BCUT2D eigenvalue weighted by atomic mass is 16.5. The Kier molecular flexibility index (Phi) is 7.06. The van der Waals surface area contributed by atoms with Gasteiger partial charge in [-0.3, -0.25) is 9.89 Å². The molecule has 0 radical (unpaired) electrons. The average Bonchev–Trinajstić information content (AvgIpc) is 2.59. The second-order valence-electron chi connectivity index (χ2n) is 7.06. The summed E-state index contributed by atoms with van der Waals surface area (Å²) in [6, 6.07) is 8.77. The van der Waals surface area contributed by atoms with E-state index in [0.717, 1.165) is 51.9 Å². The molecule has 0 aromatic heterocycles. The largest absolute Gasteiger partial charge is 0.379 e. The molecule has 1 aliphatic heterocycles. The number of hydrogen-bond donors (Lipinski definition) is 2. The van der Waals surface area contributed by atoms with Crippen LogP contribution in [0.15, 0.2) is 29.3 Å². The van der Waals surface area contributed by atoms with Gasteiger partial charge < -0.3 is 15.4 Å². The van der Waals surface area contributed by atoms with Crippen molar-refractivity contribution in [3.63, 3.8) is 0 Å². The van der Waals surface area contributed by atoms with E-state index >= 15 is 0 Å². The molecule has 2 rings (SSSR count). The third-order valence-corrected chi connectivity index (χ3v) is 4.58. The molecular weight excluding hydrogens is 300 g/mol. The third-order valence-electron chi connectivity index (χ3n) is 4.58. The molecule has 0 unspecified atom stereocenters. The number of ether oxygens (including phenoxy) is 1. The van der Waals surface area contributed by atoms with Crippen molar-refractivity contribution >= 4 is 5.96 Å². The van der Waals surface area contributed by atoms with Crippen LogP contribution < -0.4 is 10.6 Å².